The SMILES string of the molecule is C[C@@H](CN1CCc2ccccc2C1)NC(=O)c1cccc(N2CCNC2=O)c1. The van der Waals surface area contributed by atoms with Crippen molar-refractivity contribution < 1.29 is 9.59 Å². The molecule has 0 aromatic heterocycles. The van der Waals surface area contributed by atoms with Gasteiger partial charge in [-0.1, -0.05) is 30.3 Å². The van der Waals surface area contributed by atoms with Crippen LogP contribution in [0.3, 0.4) is 0 Å². The summed E-state index contributed by atoms with van der Waals surface area (Å²) in [4.78, 5) is 28.6. The molecular weight excluding hydrogens is 352 g/mol. The second-order valence-electron chi connectivity index (χ2n) is 7.56. The molecule has 2 aliphatic rings. The Morgan fingerprint density at radius 3 is 2.75 bits per heavy atom. The first kappa shape index (κ1) is 18.5. The summed E-state index contributed by atoms with van der Waals surface area (Å²) < 4.78 is 0. The second kappa shape index (κ2) is 8.02. The zero-order valence-corrected chi connectivity index (χ0v) is 16.1. The molecule has 2 aliphatic heterocycles. The highest BCUT2D eigenvalue weighted by atomic mass is 16.2. The molecule has 0 bridgehead atoms. The molecule has 2 aromatic rings. The van der Waals surface area contributed by atoms with Gasteiger partial charge < -0.3 is 10.6 Å². The molecule has 6 nitrogen and oxygen atoms in total. The number of hydrogen-bond acceptors (Lipinski definition) is 3. The molecule has 2 aromatic carbocycles. The van der Waals surface area contributed by atoms with E-state index in [0.29, 0.717) is 18.7 Å². The van der Waals surface area contributed by atoms with E-state index in [-0.39, 0.29) is 18.0 Å². The average Bonchev–Trinajstić information content (AvgIpc) is 3.14. The fraction of sp³-hybridized carbons (Fsp3) is 0.364. The van der Waals surface area contributed by atoms with Crippen LogP contribution < -0.4 is 15.5 Å². The number of benzene rings is 2. The molecule has 1 atom stereocenters. The Bertz CT molecular complexity index is 882. The van der Waals surface area contributed by atoms with Crippen molar-refractivity contribution in [1.29, 1.82) is 0 Å². The Labute approximate surface area is 165 Å². The summed E-state index contributed by atoms with van der Waals surface area (Å²) in [7, 11) is 0. The van der Waals surface area contributed by atoms with Gasteiger partial charge in [-0.3, -0.25) is 14.6 Å². The van der Waals surface area contributed by atoms with Gasteiger partial charge in [0.25, 0.3) is 5.91 Å². The van der Waals surface area contributed by atoms with E-state index in [1.165, 1.54) is 11.1 Å². The number of nitrogens with zero attached hydrogens (tertiary/aromatic N) is 2. The van der Waals surface area contributed by atoms with Crippen LogP contribution in [0.4, 0.5) is 10.5 Å². The van der Waals surface area contributed by atoms with Crippen molar-refractivity contribution >= 4 is 17.6 Å². The minimum Gasteiger partial charge on any atom is -0.348 e. The third-order valence-corrected chi connectivity index (χ3v) is 5.40. The van der Waals surface area contributed by atoms with Gasteiger partial charge in [0.2, 0.25) is 0 Å². The highest BCUT2D eigenvalue weighted by Crippen LogP contribution is 2.20. The van der Waals surface area contributed by atoms with Crippen LogP contribution in [0, 0.1) is 0 Å². The lowest BCUT2D eigenvalue weighted by Crippen LogP contribution is -2.43. The lowest BCUT2D eigenvalue weighted by molar-refractivity contribution is 0.0927. The van der Waals surface area contributed by atoms with Gasteiger partial charge in [-0.25, -0.2) is 4.79 Å². The fourth-order valence-electron chi connectivity index (χ4n) is 3.98. The van der Waals surface area contributed by atoms with Gasteiger partial charge in [-0.05, 0) is 42.7 Å². The van der Waals surface area contributed by atoms with E-state index < -0.39 is 0 Å². The van der Waals surface area contributed by atoms with Crippen molar-refractivity contribution in [1.82, 2.24) is 15.5 Å². The average molecular weight is 378 g/mol. The van der Waals surface area contributed by atoms with Gasteiger partial charge in [-0.2, -0.15) is 0 Å². The smallest absolute Gasteiger partial charge is 0.321 e. The van der Waals surface area contributed by atoms with Gasteiger partial charge >= 0.3 is 6.03 Å². The quantitative estimate of drug-likeness (QED) is 0.840. The minimum absolute atomic E-state index is 0.0384. The summed E-state index contributed by atoms with van der Waals surface area (Å²) in [6.45, 7) is 6.04. The Balaban J connectivity index is 1.35. The predicted molar refractivity (Wildman–Crippen MR) is 110 cm³/mol. The number of hydrogen-bond donors (Lipinski definition) is 2. The van der Waals surface area contributed by atoms with Crippen LogP contribution in [0.2, 0.25) is 0 Å². The van der Waals surface area contributed by atoms with Gasteiger partial charge in [0.15, 0.2) is 0 Å². The van der Waals surface area contributed by atoms with Gasteiger partial charge in [0.1, 0.15) is 0 Å². The number of amides is 3. The van der Waals surface area contributed by atoms with Crippen LogP contribution in [-0.4, -0.2) is 49.1 Å². The topological polar surface area (TPSA) is 64.7 Å². The molecule has 146 valence electrons. The van der Waals surface area contributed by atoms with E-state index in [2.05, 4.69) is 39.8 Å². The number of nitrogens with one attached hydrogen (secondary N) is 2. The van der Waals surface area contributed by atoms with Crippen LogP contribution in [0.1, 0.15) is 28.4 Å². The van der Waals surface area contributed by atoms with Crippen molar-refractivity contribution in [2.45, 2.75) is 25.9 Å². The Morgan fingerprint density at radius 1 is 1.14 bits per heavy atom. The molecule has 28 heavy (non-hydrogen) atoms. The molecule has 6 heteroatoms. The van der Waals surface area contributed by atoms with E-state index in [9.17, 15) is 9.59 Å². The van der Waals surface area contributed by atoms with E-state index in [1.807, 2.05) is 19.1 Å². The molecule has 2 N–H and O–H groups in total. The number of fused-ring (bicyclic) bond motifs is 1. The third-order valence-electron chi connectivity index (χ3n) is 5.40. The maximum Gasteiger partial charge on any atom is 0.321 e. The first-order valence-corrected chi connectivity index (χ1v) is 9.85. The largest absolute Gasteiger partial charge is 0.348 e. The summed E-state index contributed by atoms with van der Waals surface area (Å²) in [6.07, 6.45) is 1.05. The second-order valence-corrected chi connectivity index (χ2v) is 7.56. The summed E-state index contributed by atoms with van der Waals surface area (Å²) in [6, 6.07) is 15.7. The summed E-state index contributed by atoms with van der Waals surface area (Å²) in [5, 5.41) is 5.88. The first-order chi connectivity index (χ1) is 13.6. The number of carbonyl (C=O) groups is 2. The highest BCUT2D eigenvalue weighted by molar-refractivity contribution is 5.98. The lowest BCUT2D eigenvalue weighted by atomic mass is 9.99. The highest BCUT2D eigenvalue weighted by Gasteiger charge is 2.22. The molecule has 0 saturated carbocycles. The Kier molecular flexibility index (Phi) is 5.30. The van der Waals surface area contributed by atoms with Crippen molar-refractivity contribution in [2.24, 2.45) is 0 Å². The third kappa shape index (κ3) is 4.02. The number of anilines is 1. The molecule has 0 spiro atoms. The molecule has 1 saturated heterocycles. The Hall–Kier alpha value is -2.86. The predicted octanol–water partition coefficient (Wildman–Crippen LogP) is 2.39. The zero-order chi connectivity index (χ0) is 19.5. The van der Waals surface area contributed by atoms with Crippen LogP contribution in [0.15, 0.2) is 48.5 Å². The summed E-state index contributed by atoms with van der Waals surface area (Å²) in [5.41, 5.74) is 4.14. The van der Waals surface area contributed by atoms with Crippen molar-refractivity contribution in [2.75, 3.05) is 31.1 Å². The monoisotopic (exact) mass is 378 g/mol. The zero-order valence-electron chi connectivity index (χ0n) is 16.1. The van der Waals surface area contributed by atoms with Crippen LogP contribution in [0.5, 0.6) is 0 Å². The minimum atomic E-state index is -0.115. The number of urea groups is 1. The van der Waals surface area contributed by atoms with Crippen molar-refractivity contribution in [3.63, 3.8) is 0 Å². The van der Waals surface area contributed by atoms with Crippen molar-refractivity contribution in [3.8, 4) is 0 Å². The maximum absolute atomic E-state index is 12.7. The molecule has 0 aliphatic carbocycles. The van der Waals surface area contributed by atoms with Crippen LogP contribution in [0.25, 0.3) is 0 Å². The Morgan fingerprint density at radius 2 is 1.96 bits per heavy atom. The fourth-order valence-corrected chi connectivity index (χ4v) is 3.98. The van der Waals surface area contributed by atoms with Crippen molar-refractivity contribution in [3.05, 3.63) is 65.2 Å². The summed E-state index contributed by atoms with van der Waals surface area (Å²) >= 11 is 0. The van der Waals surface area contributed by atoms with Gasteiger partial charge in [0, 0.05) is 50.0 Å². The normalized spacial score (nSPS) is 17.8. The molecule has 2 heterocycles. The molecule has 1 fully saturated rings. The summed E-state index contributed by atoms with van der Waals surface area (Å²) in [5.74, 6) is -0.105. The van der Waals surface area contributed by atoms with Gasteiger partial charge in [0.05, 0.1) is 0 Å². The molecule has 4 rings (SSSR count). The van der Waals surface area contributed by atoms with E-state index in [0.717, 1.165) is 31.7 Å². The van der Waals surface area contributed by atoms with Gasteiger partial charge in [-0.15, -0.1) is 0 Å². The standard InChI is InChI=1S/C22H26N4O2/c1-16(14-25-11-9-17-5-2-3-6-19(17)15-25)24-21(27)18-7-4-8-20(13-18)26-12-10-23-22(26)28/h2-8,13,16H,9-12,14-15H2,1H3,(H,23,28)(H,24,27)/t16-/m0/s1. The molecule has 0 unspecified atom stereocenters. The number of carbonyl (C=O) groups excluding carboxylic acids is 2. The number of rotatable bonds is 5. The van der Waals surface area contributed by atoms with E-state index in [1.54, 1.807) is 17.0 Å². The maximum atomic E-state index is 12.7. The first-order valence-electron chi connectivity index (χ1n) is 9.85. The molecular formula is C22H26N4O2. The molecule has 0 radical (unpaired) electrons. The lowest BCUT2D eigenvalue weighted by Gasteiger charge is -2.31. The van der Waals surface area contributed by atoms with E-state index >= 15 is 0 Å². The van der Waals surface area contributed by atoms with Crippen LogP contribution >= 0.6 is 0 Å². The molecule has 3 amide bonds. The van der Waals surface area contributed by atoms with E-state index in [4.69, 9.17) is 0 Å². The van der Waals surface area contributed by atoms with Crippen LogP contribution in [-0.2, 0) is 13.0 Å².